The Bertz CT molecular complexity index is 1140. The molecule has 2 atom stereocenters. The second-order valence-corrected chi connectivity index (χ2v) is 11.1. The molecule has 0 spiro atoms. The first kappa shape index (κ1) is 28.9. The number of nitrogens with zero attached hydrogens (tertiary/aromatic N) is 4. The highest BCUT2D eigenvalue weighted by molar-refractivity contribution is 6.03. The Kier molecular flexibility index (Phi) is 8.30. The number of hydrogen-bond acceptors (Lipinski definition) is 4. The molecule has 0 aliphatic carbocycles. The molecule has 1 aromatic rings. The van der Waals surface area contributed by atoms with Gasteiger partial charge in [-0.3, -0.25) is 14.5 Å². The van der Waals surface area contributed by atoms with Crippen molar-refractivity contribution in [2.45, 2.75) is 64.3 Å². The van der Waals surface area contributed by atoms with Crippen molar-refractivity contribution in [3.63, 3.8) is 0 Å². The van der Waals surface area contributed by atoms with Gasteiger partial charge in [-0.2, -0.15) is 13.2 Å². The maximum Gasteiger partial charge on any atom is 0.416 e. The predicted molar refractivity (Wildman–Crippen MR) is 140 cm³/mol. The van der Waals surface area contributed by atoms with E-state index in [9.17, 15) is 27.6 Å². The van der Waals surface area contributed by atoms with Gasteiger partial charge in [0.05, 0.1) is 29.4 Å². The van der Waals surface area contributed by atoms with E-state index < -0.39 is 35.8 Å². The van der Waals surface area contributed by atoms with E-state index in [-0.39, 0.29) is 42.1 Å². The lowest BCUT2D eigenvalue weighted by Crippen LogP contribution is -2.53. The number of benzene rings is 1. The fraction of sp³-hybridized carbons (Fsp3) is 0.607. The van der Waals surface area contributed by atoms with Crippen molar-refractivity contribution < 1.29 is 27.6 Å². The smallest absolute Gasteiger partial charge is 0.341 e. The first-order valence-corrected chi connectivity index (χ1v) is 13.6. The Morgan fingerprint density at radius 3 is 2.38 bits per heavy atom. The van der Waals surface area contributed by atoms with E-state index in [0.29, 0.717) is 12.1 Å². The summed E-state index contributed by atoms with van der Waals surface area (Å²) in [7, 11) is 3.81. The van der Waals surface area contributed by atoms with Crippen LogP contribution in [0.5, 0.6) is 0 Å². The third kappa shape index (κ3) is 5.64. The fourth-order valence-electron chi connectivity index (χ4n) is 5.94. The SMILES string of the molecule is CCN1C(=O)N[C@H](c2ccccc2C(F)(F)F)C2=C1CN([C@@H](CC(C)C)C(=O)N(C)C1CCN(C)CC1)C2=O. The molecule has 1 aromatic carbocycles. The first-order valence-electron chi connectivity index (χ1n) is 13.6. The maximum absolute atomic E-state index is 14.1. The summed E-state index contributed by atoms with van der Waals surface area (Å²) in [5.41, 5.74) is -0.643. The van der Waals surface area contributed by atoms with Gasteiger partial charge in [0.15, 0.2) is 0 Å². The van der Waals surface area contributed by atoms with Gasteiger partial charge in [-0.15, -0.1) is 0 Å². The van der Waals surface area contributed by atoms with Gasteiger partial charge in [0.1, 0.15) is 6.04 Å². The van der Waals surface area contributed by atoms with Crippen LogP contribution in [0.4, 0.5) is 18.0 Å². The number of urea groups is 1. The highest BCUT2D eigenvalue weighted by Gasteiger charge is 2.49. The molecular weight excluding hydrogens is 511 g/mol. The van der Waals surface area contributed by atoms with Crippen molar-refractivity contribution in [3.05, 3.63) is 46.7 Å². The Morgan fingerprint density at radius 1 is 1.15 bits per heavy atom. The standard InChI is InChI=1S/C28H38F3N5O3/c1-6-35-22-16-36(21(15-17(2)3)25(37)34(5)18-11-13-33(4)14-12-18)26(38)23(22)24(32-27(35)39)19-9-7-8-10-20(19)28(29,30)31/h7-10,17-18,21,24H,6,11-16H2,1-5H3,(H,32,39)/t21-,24+/m0/s1. The molecule has 3 heterocycles. The topological polar surface area (TPSA) is 76.2 Å². The quantitative estimate of drug-likeness (QED) is 0.561. The molecule has 0 bridgehead atoms. The van der Waals surface area contributed by atoms with Crippen LogP contribution in [0.3, 0.4) is 0 Å². The summed E-state index contributed by atoms with van der Waals surface area (Å²) < 4.78 is 41.8. The number of carbonyl (C=O) groups is 3. The average molecular weight is 550 g/mol. The van der Waals surface area contributed by atoms with Crippen LogP contribution in [0.2, 0.25) is 0 Å². The number of piperidine rings is 1. The molecule has 1 saturated heterocycles. The summed E-state index contributed by atoms with van der Waals surface area (Å²) in [6.07, 6.45) is -2.61. The van der Waals surface area contributed by atoms with Crippen molar-refractivity contribution in [2.75, 3.05) is 40.3 Å². The van der Waals surface area contributed by atoms with Gasteiger partial charge < -0.3 is 20.0 Å². The summed E-state index contributed by atoms with van der Waals surface area (Å²) >= 11 is 0. The number of alkyl halides is 3. The largest absolute Gasteiger partial charge is 0.416 e. The number of likely N-dealkylation sites (tertiary alicyclic amines) is 1. The van der Waals surface area contributed by atoms with E-state index in [1.165, 1.54) is 28.0 Å². The lowest BCUT2D eigenvalue weighted by Gasteiger charge is -2.39. The van der Waals surface area contributed by atoms with Crippen LogP contribution in [-0.4, -0.2) is 89.8 Å². The average Bonchev–Trinajstić information content (AvgIpc) is 3.22. The normalized spacial score (nSPS) is 21.9. The molecular formula is C28H38F3N5O3. The van der Waals surface area contributed by atoms with Gasteiger partial charge >= 0.3 is 12.2 Å². The van der Waals surface area contributed by atoms with E-state index in [4.69, 9.17) is 0 Å². The van der Waals surface area contributed by atoms with Crippen LogP contribution in [0.15, 0.2) is 35.5 Å². The zero-order valence-electron chi connectivity index (χ0n) is 23.2. The van der Waals surface area contributed by atoms with E-state index in [0.717, 1.165) is 32.0 Å². The van der Waals surface area contributed by atoms with Gasteiger partial charge in [-0.25, -0.2) is 4.79 Å². The van der Waals surface area contributed by atoms with Gasteiger partial charge in [0, 0.05) is 19.6 Å². The van der Waals surface area contributed by atoms with Crippen molar-refractivity contribution in [2.24, 2.45) is 5.92 Å². The van der Waals surface area contributed by atoms with Crippen molar-refractivity contribution in [1.82, 2.24) is 24.9 Å². The van der Waals surface area contributed by atoms with Gasteiger partial charge in [-0.05, 0) is 63.9 Å². The molecule has 4 amide bonds. The van der Waals surface area contributed by atoms with Crippen LogP contribution >= 0.6 is 0 Å². The number of carbonyl (C=O) groups excluding carboxylic acids is 3. The minimum atomic E-state index is -4.67. The van der Waals surface area contributed by atoms with Crippen molar-refractivity contribution in [3.8, 4) is 0 Å². The molecule has 1 fully saturated rings. The van der Waals surface area contributed by atoms with Gasteiger partial charge in [0.2, 0.25) is 5.91 Å². The summed E-state index contributed by atoms with van der Waals surface area (Å²) in [6.45, 7) is 7.64. The number of nitrogens with one attached hydrogen (secondary N) is 1. The zero-order chi connectivity index (χ0) is 28.6. The molecule has 1 N–H and O–H groups in total. The molecule has 3 aliphatic heterocycles. The molecule has 3 aliphatic rings. The number of amides is 4. The minimum Gasteiger partial charge on any atom is -0.341 e. The Morgan fingerprint density at radius 2 is 1.79 bits per heavy atom. The minimum absolute atomic E-state index is 0.00944. The Hall–Kier alpha value is -3.08. The maximum atomic E-state index is 14.1. The molecule has 0 unspecified atom stereocenters. The molecule has 0 aromatic heterocycles. The molecule has 0 radical (unpaired) electrons. The van der Waals surface area contributed by atoms with Gasteiger partial charge in [-0.1, -0.05) is 32.0 Å². The number of rotatable bonds is 7. The number of likely N-dealkylation sites (N-methyl/N-ethyl adjacent to an activating group) is 2. The second-order valence-electron chi connectivity index (χ2n) is 11.1. The molecule has 11 heteroatoms. The second kappa shape index (κ2) is 11.2. The molecule has 0 saturated carbocycles. The molecule has 4 rings (SSSR count). The van der Waals surface area contributed by atoms with Crippen LogP contribution < -0.4 is 5.32 Å². The monoisotopic (exact) mass is 549 g/mol. The highest BCUT2D eigenvalue weighted by Crippen LogP contribution is 2.42. The number of halogens is 3. The van der Waals surface area contributed by atoms with Crippen LogP contribution in [0.25, 0.3) is 0 Å². The molecule has 39 heavy (non-hydrogen) atoms. The van der Waals surface area contributed by atoms with Crippen LogP contribution in [0, 0.1) is 5.92 Å². The van der Waals surface area contributed by atoms with E-state index in [1.807, 2.05) is 20.9 Å². The summed E-state index contributed by atoms with van der Waals surface area (Å²) in [5, 5.41) is 2.64. The summed E-state index contributed by atoms with van der Waals surface area (Å²) in [4.78, 5) is 47.8. The first-order chi connectivity index (χ1) is 18.3. The Balaban J connectivity index is 1.71. The highest BCUT2D eigenvalue weighted by atomic mass is 19.4. The molecule has 8 nitrogen and oxygen atoms in total. The summed E-state index contributed by atoms with van der Waals surface area (Å²) in [5.74, 6) is -0.610. The van der Waals surface area contributed by atoms with Crippen LogP contribution in [0.1, 0.15) is 57.2 Å². The third-order valence-corrected chi connectivity index (χ3v) is 8.08. The number of hydrogen-bond donors (Lipinski definition) is 1. The van der Waals surface area contributed by atoms with Crippen LogP contribution in [-0.2, 0) is 15.8 Å². The lowest BCUT2D eigenvalue weighted by molar-refractivity contribution is -0.144. The van der Waals surface area contributed by atoms with Crippen molar-refractivity contribution >= 4 is 17.8 Å². The Labute approximate surface area is 227 Å². The third-order valence-electron chi connectivity index (χ3n) is 8.08. The predicted octanol–water partition coefficient (Wildman–Crippen LogP) is 3.86. The lowest BCUT2D eigenvalue weighted by atomic mass is 9.91. The summed E-state index contributed by atoms with van der Waals surface area (Å²) in [6, 6.07) is 2.40. The molecule has 214 valence electrons. The van der Waals surface area contributed by atoms with E-state index in [1.54, 1.807) is 18.9 Å². The van der Waals surface area contributed by atoms with Gasteiger partial charge in [0.25, 0.3) is 5.91 Å². The zero-order valence-corrected chi connectivity index (χ0v) is 23.2. The van der Waals surface area contributed by atoms with Crippen molar-refractivity contribution in [1.29, 1.82) is 0 Å². The van der Waals surface area contributed by atoms with E-state index >= 15 is 0 Å². The fourth-order valence-corrected chi connectivity index (χ4v) is 5.94. The van der Waals surface area contributed by atoms with E-state index in [2.05, 4.69) is 10.2 Å².